The fourth-order valence-corrected chi connectivity index (χ4v) is 1.71. The highest BCUT2D eigenvalue weighted by molar-refractivity contribution is 8.93. The first-order valence-corrected chi connectivity index (χ1v) is 5.62. The summed E-state index contributed by atoms with van der Waals surface area (Å²) in [5.74, 6) is 0.960. The molecule has 0 radical (unpaired) electrons. The van der Waals surface area contributed by atoms with Crippen molar-refractivity contribution in [3.63, 3.8) is 0 Å². The van der Waals surface area contributed by atoms with Crippen molar-refractivity contribution in [1.29, 1.82) is 0 Å². The topological polar surface area (TPSA) is 50.4 Å². The maximum Gasteiger partial charge on any atom is 0.121 e. The van der Waals surface area contributed by atoms with E-state index < -0.39 is 0 Å². The highest BCUT2D eigenvalue weighted by atomic mass is 79.9. The molecule has 4 heteroatoms. The minimum atomic E-state index is 0. The molecule has 0 fully saturated rings. The van der Waals surface area contributed by atoms with Crippen LogP contribution in [0.3, 0.4) is 0 Å². The standard InChI is InChI=1S/C13H17N3.BrH/c14-9-8-12-10-15-13(16-12)7-6-11-4-2-1-3-5-11;/h1-7,12H,8-10,14H2,(H,15,16);1H/b7-6+;/t12-;/m0./s1. The van der Waals surface area contributed by atoms with Gasteiger partial charge in [-0.05, 0) is 24.6 Å². The molecular weight excluding hydrogens is 278 g/mol. The molecule has 2 rings (SSSR count). The number of nitrogens with one attached hydrogen (secondary N) is 1. The molecule has 1 atom stereocenters. The van der Waals surface area contributed by atoms with Crippen LogP contribution in [-0.2, 0) is 0 Å². The number of hydrogen-bond donors (Lipinski definition) is 2. The average molecular weight is 296 g/mol. The van der Waals surface area contributed by atoms with Crippen LogP contribution in [0.2, 0.25) is 0 Å². The van der Waals surface area contributed by atoms with Gasteiger partial charge in [-0.1, -0.05) is 36.4 Å². The predicted octanol–water partition coefficient (Wildman–Crippen LogP) is 2.00. The summed E-state index contributed by atoms with van der Waals surface area (Å²) in [7, 11) is 0. The van der Waals surface area contributed by atoms with Crippen LogP contribution in [0.25, 0.3) is 6.08 Å². The lowest BCUT2D eigenvalue weighted by molar-refractivity contribution is 0.610. The predicted molar refractivity (Wildman–Crippen MR) is 78.7 cm³/mol. The van der Waals surface area contributed by atoms with E-state index >= 15 is 0 Å². The molecule has 1 aromatic rings. The van der Waals surface area contributed by atoms with Gasteiger partial charge in [-0.25, -0.2) is 0 Å². The van der Waals surface area contributed by atoms with Crippen LogP contribution in [0.15, 0.2) is 41.4 Å². The van der Waals surface area contributed by atoms with Crippen molar-refractivity contribution in [3.8, 4) is 0 Å². The monoisotopic (exact) mass is 295 g/mol. The molecule has 0 saturated carbocycles. The number of nitrogens with two attached hydrogens (primary N) is 1. The van der Waals surface area contributed by atoms with Gasteiger partial charge >= 0.3 is 0 Å². The van der Waals surface area contributed by atoms with E-state index in [0.717, 1.165) is 18.8 Å². The molecule has 3 N–H and O–H groups in total. The lowest BCUT2D eigenvalue weighted by Gasteiger charge is -2.07. The lowest BCUT2D eigenvalue weighted by atomic mass is 10.2. The molecule has 0 unspecified atom stereocenters. The molecular formula is C13H18BrN3. The van der Waals surface area contributed by atoms with E-state index in [9.17, 15) is 0 Å². The van der Waals surface area contributed by atoms with Gasteiger partial charge in [0.15, 0.2) is 0 Å². The first kappa shape index (κ1) is 13.9. The summed E-state index contributed by atoms with van der Waals surface area (Å²) in [6.45, 7) is 1.55. The zero-order chi connectivity index (χ0) is 11.2. The van der Waals surface area contributed by atoms with Crippen LogP contribution < -0.4 is 11.1 Å². The van der Waals surface area contributed by atoms with Crippen molar-refractivity contribution in [2.75, 3.05) is 13.1 Å². The lowest BCUT2D eigenvalue weighted by Crippen LogP contribution is -2.31. The van der Waals surface area contributed by atoms with E-state index in [-0.39, 0.29) is 17.0 Å². The fraction of sp³-hybridized carbons (Fsp3) is 0.308. The minimum absolute atomic E-state index is 0. The molecule has 17 heavy (non-hydrogen) atoms. The second-order valence-electron chi connectivity index (χ2n) is 3.89. The maximum absolute atomic E-state index is 5.51. The molecule has 1 aromatic carbocycles. The van der Waals surface area contributed by atoms with Gasteiger partial charge in [0, 0.05) is 6.04 Å². The van der Waals surface area contributed by atoms with Crippen molar-refractivity contribution in [2.24, 2.45) is 10.7 Å². The summed E-state index contributed by atoms with van der Waals surface area (Å²) in [6, 6.07) is 10.6. The average Bonchev–Trinajstić information content (AvgIpc) is 2.76. The number of halogens is 1. The Balaban J connectivity index is 0.00000144. The molecule has 3 nitrogen and oxygen atoms in total. The Kier molecular flexibility index (Phi) is 5.94. The molecule has 0 bridgehead atoms. The van der Waals surface area contributed by atoms with E-state index in [1.807, 2.05) is 24.3 Å². The highest BCUT2D eigenvalue weighted by Gasteiger charge is 2.13. The van der Waals surface area contributed by atoms with Gasteiger partial charge in [-0.3, -0.25) is 4.99 Å². The third-order valence-electron chi connectivity index (χ3n) is 2.58. The van der Waals surface area contributed by atoms with Crippen LogP contribution in [0.5, 0.6) is 0 Å². The third kappa shape index (κ3) is 4.32. The molecule has 0 aromatic heterocycles. The van der Waals surface area contributed by atoms with E-state index in [1.54, 1.807) is 0 Å². The second kappa shape index (κ2) is 7.25. The zero-order valence-electron chi connectivity index (χ0n) is 9.67. The van der Waals surface area contributed by atoms with Gasteiger partial charge in [-0.15, -0.1) is 17.0 Å². The molecule has 1 aliphatic heterocycles. The first-order chi connectivity index (χ1) is 7.88. The summed E-state index contributed by atoms with van der Waals surface area (Å²) in [5, 5.41) is 3.35. The van der Waals surface area contributed by atoms with Gasteiger partial charge < -0.3 is 11.1 Å². The number of nitrogens with zero attached hydrogens (tertiary/aromatic N) is 1. The largest absolute Gasteiger partial charge is 0.366 e. The summed E-state index contributed by atoms with van der Waals surface area (Å²) in [4.78, 5) is 4.41. The maximum atomic E-state index is 5.51. The molecule has 92 valence electrons. The SMILES string of the molecule is Br.NCC[C@H]1CN=C(/C=C/c2ccccc2)N1. The number of hydrogen-bond acceptors (Lipinski definition) is 3. The highest BCUT2D eigenvalue weighted by Crippen LogP contribution is 2.04. The number of aliphatic imine (C=N–C) groups is 1. The Morgan fingerprint density at radius 3 is 2.76 bits per heavy atom. The van der Waals surface area contributed by atoms with E-state index in [2.05, 4.69) is 28.5 Å². The van der Waals surface area contributed by atoms with Crippen molar-refractivity contribution >= 4 is 28.9 Å². The Hall–Kier alpha value is -1.13. The van der Waals surface area contributed by atoms with Crippen LogP contribution in [0.1, 0.15) is 12.0 Å². The molecule has 0 aliphatic carbocycles. The van der Waals surface area contributed by atoms with Crippen LogP contribution in [-0.4, -0.2) is 25.0 Å². The Labute approximate surface area is 113 Å². The molecule has 0 saturated heterocycles. The first-order valence-electron chi connectivity index (χ1n) is 5.62. The van der Waals surface area contributed by atoms with Crippen LogP contribution >= 0.6 is 17.0 Å². The van der Waals surface area contributed by atoms with Gasteiger partial charge in [0.1, 0.15) is 5.84 Å². The Bertz CT molecular complexity index is 387. The Morgan fingerprint density at radius 1 is 1.29 bits per heavy atom. The Morgan fingerprint density at radius 2 is 2.06 bits per heavy atom. The molecule has 0 spiro atoms. The van der Waals surface area contributed by atoms with Crippen molar-refractivity contribution in [2.45, 2.75) is 12.5 Å². The molecule has 0 amide bonds. The smallest absolute Gasteiger partial charge is 0.121 e. The van der Waals surface area contributed by atoms with E-state index in [4.69, 9.17) is 5.73 Å². The van der Waals surface area contributed by atoms with E-state index in [0.29, 0.717) is 12.6 Å². The third-order valence-corrected chi connectivity index (χ3v) is 2.58. The number of benzene rings is 1. The van der Waals surface area contributed by atoms with Crippen LogP contribution in [0.4, 0.5) is 0 Å². The summed E-state index contributed by atoms with van der Waals surface area (Å²) < 4.78 is 0. The van der Waals surface area contributed by atoms with Gasteiger partial charge in [0.2, 0.25) is 0 Å². The van der Waals surface area contributed by atoms with Crippen molar-refractivity contribution < 1.29 is 0 Å². The summed E-state index contributed by atoms with van der Waals surface area (Å²) in [6.07, 6.45) is 5.06. The normalized spacial score (nSPS) is 18.6. The number of amidine groups is 1. The quantitative estimate of drug-likeness (QED) is 0.893. The summed E-state index contributed by atoms with van der Waals surface area (Å²) >= 11 is 0. The summed E-state index contributed by atoms with van der Waals surface area (Å²) in [5.41, 5.74) is 6.70. The zero-order valence-corrected chi connectivity index (χ0v) is 11.4. The van der Waals surface area contributed by atoms with Crippen LogP contribution in [0, 0.1) is 0 Å². The molecule has 1 aliphatic rings. The second-order valence-corrected chi connectivity index (χ2v) is 3.89. The van der Waals surface area contributed by atoms with Gasteiger partial charge in [-0.2, -0.15) is 0 Å². The fourth-order valence-electron chi connectivity index (χ4n) is 1.71. The van der Waals surface area contributed by atoms with Gasteiger partial charge in [0.05, 0.1) is 6.54 Å². The van der Waals surface area contributed by atoms with Crippen molar-refractivity contribution in [3.05, 3.63) is 42.0 Å². The van der Waals surface area contributed by atoms with Crippen molar-refractivity contribution in [1.82, 2.24) is 5.32 Å². The van der Waals surface area contributed by atoms with E-state index in [1.165, 1.54) is 5.56 Å². The molecule has 1 heterocycles. The number of rotatable bonds is 4. The van der Waals surface area contributed by atoms with Gasteiger partial charge in [0.25, 0.3) is 0 Å². The minimum Gasteiger partial charge on any atom is -0.366 e.